The second kappa shape index (κ2) is 5.79. The smallest absolute Gasteiger partial charge is 0.241 e. The average Bonchev–Trinajstić information content (AvgIpc) is 2.53. The van der Waals surface area contributed by atoms with Crippen LogP contribution in [0.2, 0.25) is 0 Å². The minimum atomic E-state index is -0.764. The molecule has 22 heavy (non-hydrogen) atoms. The molecule has 3 fully saturated rings. The summed E-state index contributed by atoms with van der Waals surface area (Å²) in [6.45, 7) is 8.09. The number of hydrogen-bond donors (Lipinski definition) is 2. The van der Waals surface area contributed by atoms with E-state index in [-0.39, 0.29) is 23.3 Å². The molecule has 4 nitrogen and oxygen atoms in total. The lowest BCUT2D eigenvalue weighted by Gasteiger charge is -2.65. The maximum absolute atomic E-state index is 12.8. The Balaban J connectivity index is 1.59. The number of carbonyl (C=O) groups is 1. The number of nitrogens with two attached hydrogens (primary N) is 1. The minimum Gasteiger partial charge on any atom is -0.377 e. The minimum absolute atomic E-state index is 0.0443. The number of fused-ring (bicyclic) bond motifs is 1. The van der Waals surface area contributed by atoms with Crippen LogP contribution in [0.4, 0.5) is 0 Å². The second-order valence-electron chi connectivity index (χ2n) is 8.47. The summed E-state index contributed by atoms with van der Waals surface area (Å²) in [5, 5.41) is 3.18. The Bertz CT molecular complexity index is 429. The molecule has 0 bridgehead atoms. The van der Waals surface area contributed by atoms with Crippen molar-refractivity contribution in [2.45, 2.75) is 70.9 Å². The summed E-state index contributed by atoms with van der Waals surface area (Å²) in [6, 6.07) is 0. The van der Waals surface area contributed by atoms with Crippen LogP contribution in [0.3, 0.4) is 0 Å². The van der Waals surface area contributed by atoms with E-state index in [4.69, 9.17) is 10.5 Å². The molecule has 1 saturated heterocycles. The van der Waals surface area contributed by atoms with E-state index in [1.165, 1.54) is 25.7 Å². The van der Waals surface area contributed by atoms with Crippen molar-refractivity contribution in [2.75, 3.05) is 13.2 Å². The molecule has 0 radical (unpaired) electrons. The Morgan fingerprint density at radius 3 is 2.59 bits per heavy atom. The summed E-state index contributed by atoms with van der Waals surface area (Å²) in [6.07, 6.45) is 7.22. The summed E-state index contributed by atoms with van der Waals surface area (Å²) < 4.78 is 5.88. The highest BCUT2D eigenvalue weighted by atomic mass is 16.5. The number of rotatable bonds is 3. The van der Waals surface area contributed by atoms with E-state index in [0.717, 1.165) is 31.9 Å². The van der Waals surface area contributed by atoms with Gasteiger partial charge in [-0.25, -0.2) is 0 Å². The normalized spacial score (nSPS) is 43.8. The molecular formula is C18H32N2O2. The van der Waals surface area contributed by atoms with Gasteiger partial charge in [0, 0.05) is 24.5 Å². The van der Waals surface area contributed by atoms with Crippen LogP contribution >= 0.6 is 0 Å². The van der Waals surface area contributed by atoms with E-state index in [1.807, 2.05) is 0 Å². The second-order valence-corrected chi connectivity index (χ2v) is 8.47. The maximum atomic E-state index is 12.8. The Kier molecular flexibility index (Phi) is 4.28. The van der Waals surface area contributed by atoms with Gasteiger partial charge in [-0.3, -0.25) is 4.79 Å². The van der Waals surface area contributed by atoms with Gasteiger partial charge in [0.15, 0.2) is 0 Å². The summed E-state index contributed by atoms with van der Waals surface area (Å²) in [5.41, 5.74) is 5.59. The van der Waals surface area contributed by atoms with Crippen molar-refractivity contribution >= 4 is 5.91 Å². The van der Waals surface area contributed by atoms with Crippen LogP contribution in [0.1, 0.15) is 59.3 Å². The molecule has 3 unspecified atom stereocenters. The van der Waals surface area contributed by atoms with Crippen LogP contribution in [0, 0.1) is 23.2 Å². The molecule has 0 aromatic rings. The van der Waals surface area contributed by atoms with Crippen LogP contribution in [0.25, 0.3) is 0 Å². The molecule has 4 heteroatoms. The monoisotopic (exact) mass is 308 g/mol. The van der Waals surface area contributed by atoms with Gasteiger partial charge >= 0.3 is 0 Å². The third-order valence-electron chi connectivity index (χ3n) is 6.75. The topological polar surface area (TPSA) is 64.4 Å². The molecule has 3 N–H and O–H groups in total. The fourth-order valence-electron chi connectivity index (χ4n) is 4.95. The third kappa shape index (κ3) is 2.39. The third-order valence-corrected chi connectivity index (χ3v) is 6.75. The zero-order chi connectivity index (χ0) is 16.0. The van der Waals surface area contributed by atoms with Gasteiger partial charge in [-0.15, -0.1) is 0 Å². The van der Waals surface area contributed by atoms with Gasteiger partial charge in [-0.1, -0.05) is 33.6 Å². The lowest BCUT2D eigenvalue weighted by molar-refractivity contribution is -0.225. The molecule has 2 saturated carbocycles. The van der Waals surface area contributed by atoms with Gasteiger partial charge in [0.05, 0.1) is 6.10 Å². The van der Waals surface area contributed by atoms with E-state index in [9.17, 15) is 4.79 Å². The van der Waals surface area contributed by atoms with E-state index in [2.05, 4.69) is 26.1 Å². The van der Waals surface area contributed by atoms with Crippen molar-refractivity contribution in [2.24, 2.45) is 28.9 Å². The predicted octanol–water partition coefficient (Wildman–Crippen LogP) is 2.46. The van der Waals surface area contributed by atoms with Crippen molar-refractivity contribution < 1.29 is 9.53 Å². The van der Waals surface area contributed by atoms with Crippen molar-refractivity contribution in [3.05, 3.63) is 0 Å². The number of carbonyl (C=O) groups excluding carboxylic acids is 1. The van der Waals surface area contributed by atoms with Gasteiger partial charge in [0.25, 0.3) is 0 Å². The lowest BCUT2D eigenvalue weighted by atomic mass is 9.46. The van der Waals surface area contributed by atoms with E-state index >= 15 is 0 Å². The predicted molar refractivity (Wildman–Crippen MR) is 87.3 cm³/mol. The van der Waals surface area contributed by atoms with E-state index < -0.39 is 5.54 Å². The summed E-state index contributed by atoms with van der Waals surface area (Å²) in [5.74, 6) is 1.70. The molecule has 1 aliphatic heterocycles. The number of nitrogens with one attached hydrogen (secondary N) is 1. The zero-order valence-electron chi connectivity index (χ0n) is 14.4. The molecule has 0 aromatic carbocycles. The zero-order valence-corrected chi connectivity index (χ0v) is 14.4. The molecule has 0 spiro atoms. The molecule has 1 amide bonds. The molecule has 2 aliphatic carbocycles. The first-order chi connectivity index (χ1) is 10.4. The van der Waals surface area contributed by atoms with Crippen LogP contribution in [-0.2, 0) is 9.53 Å². The first kappa shape index (κ1) is 16.3. The first-order valence-electron chi connectivity index (χ1n) is 9.06. The number of ether oxygens (including phenoxy) is 1. The highest BCUT2D eigenvalue weighted by molar-refractivity contribution is 5.89. The highest BCUT2D eigenvalue weighted by Crippen LogP contribution is 2.57. The van der Waals surface area contributed by atoms with Crippen molar-refractivity contribution in [1.29, 1.82) is 0 Å². The Morgan fingerprint density at radius 1 is 1.23 bits per heavy atom. The summed E-state index contributed by atoms with van der Waals surface area (Å²) in [4.78, 5) is 12.8. The van der Waals surface area contributed by atoms with Crippen molar-refractivity contribution in [3.8, 4) is 0 Å². The highest BCUT2D eigenvalue weighted by Gasteiger charge is 2.70. The van der Waals surface area contributed by atoms with Crippen molar-refractivity contribution in [1.82, 2.24) is 5.32 Å². The van der Waals surface area contributed by atoms with E-state index in [0.29, 0.717) is 5.92 Å². The Hall–Kier alpha value is -0.610. The largest absolute Gasteiger partial charge is 0.377 e. The van der Waals surface area contributed by atoms with Crippen LogP contribution in [-0.4, -0.2) is 30.7 Å². The van der Waals surface area contributed by atoms with E-state index in [1.54, 1.807) is 0 Å². The molecule has 0 aromatic heterocycles. The molecule has 1 heterocycles. The standard InChI is InChI=1S/C18H32N2O2/c1-12-6-8-13(9-7-12)11-20-16(21)18(19)14-5-4-10-22-15(14)17(18,2)3/h12-15H,4-11,19H2,1-3H3,(H,20,21). The fraction of sp³-hybridized carbons (Fsp3) is 0.944. The fourth-order valence-corrected chi connectivity index (χ4v) is 4.95. The van der Waals surface area contributed by atoms with Crippen LogP contribution < -0.4 is 11.1 Å². The van der Waals surface area contributed by atoms with Crippen LogP contribution in [0.5, 0.6) is 0 Å². The Morgan fingerprint density at radius 2 is 1.91 bits per heavy atom. The molecular weight excluding hydrogens is 276 g/mol. The summed E-state index contributed by atoms with van der Waals surface area (Å²) in [7, 11) is 0. The number of amides is 1. The first-order valence-corrected chi connectivity index (χ1v) is 9.06. The quantitative estimate of drug-likeness (QED) is 0.842. The summed E-state index contributed by atoms with van der Waals surface area (Å²) >= 11 is 0. The van der Waals surface area contributed by atoms with Crippen molar-refractivity contribution in [3.63, 3.8) is 0 Å². The van der Waals surface area contributed by atoms with Gasteiger partial charge in [0.2, 0.25) is 5.91 Å². The van der Waals surface area contributed by atoms with Gasteiger partial charge in [-0.05, 0) is 37.5 Å². The molecule has 3 atom stereocenters. The average molecular weight is 308 g/mol. The molecule has 3 rings (SSSR count). The van der Waals surface area contributed by atoms with Gasteiger partial charge < -0.3 is 15.8 Å². The maximum Gasteiger partial charge on any atom is 0.241 e. The van der Waals surface area contributed by atoms with Gasteiger partial charge in [-0.2, -0.15) is 0 Å². The molecule has 126 valence electrons. The Labute approximate surface area is 134 Å². The SMILES string of the molecule is CC1CCC(CNC(=O)C2(N)C3CCCOC3C2(C)C)CC1. The van der Waals surface area contributed by atoms with Gasteiger partial charge in [0.1, 0.15) is 5.54 Å². The molecule has 3 aliphatic rings. The number of hydrogen-bond acceptors (Lipinski definition) is 3. The lowest BCUT2D eigenvalue weighted by Crippen LogP contribution is -2.82. The van der Waals surface area contributed by atoms with Crippen LogP contribution in [0.15, 0.2) is 0 Å².